The molecule has 0 atom stereocenters. The van der Waals surface area contributed by atoms with Gasteiger partial charge in [0, 0.05) is 0 Å². The molecule has 0 amide bonds. The van der Waals surface area contributed by atoms with E-state index in [1.54, 1.807) is 0 Å². The zero-order valence-electron chi connectivity index (χ0n) is 5.47. The van der Waals surface area contributed by atoms with Crippen molar-refractivity contribution in [3.63, 3.8) is 0 Å². The molecule has 11 heavy (non-hydrogen) atoms. The third kappa shape index (κ3) is 12.9. The van der Waals surface area contributed by atoms with Crippen molar-refractivity contribution < 1.29 is 25.9 Å². The van der Waals surface area contributed by atoms with Crippen molar-refractivity contribution in [2.45, 2.75) is 0 Å². The van der Waals surface area contributed by atoms with Crippen LogP contribution in [0, 0.1) is 0 Å². The number of hydrogen-bond donors (Lipinski definition) is 3. The molecule has 0 saturated heterocycles. The smallest absolute Gasteiger partial charge is 0.265 e. The molecule has 0 fully saturated rings. The molecule has 5 N–H and O–H groups in total. The molecule has 0 bridgehead atoms. The normalized spacial score (nSPS) is 12.2. The summed E-state index contributed by atoms with van der Waals surface area (Å²) in [4.78, 5) is 0. The molecule has 7 nitrogen and oxygen atoms in total. The summed E-state index contributed by atoms with van der Waals surface area (Å²) in [7, 11) is -8.59. The first-order valence-electron chi connectivity index (χ1n) is 2.11. The van der Waals surface area contributed by atoms with Crippen LogP contribution in [0.25, 0.3) is 0 Å². The molecule has 0 saturated carbocycles. The Morgan fingerprint density at radius 1 is 0.818 bits per heavy atom. The van der Waals surface area contributed by atoms with Gasteiger partial charge < -0.3 is 6.15 Å². The fourth-order valence-electron chi connectivity index (χ4n) is 0.211. The van der Waals surface area contributed by atoms with Crippen molar-refractivity contribution in [3.05, 3.63) is 0 Å². The van der Waals surface area contributed by atoms with Gasteiger partial charge in [0.25, 0.3) is 20.2 Å². The minimum absolute atomic E-state index is 0. The summed E-state index contributed by atoms with van der Waals surface area (Å²) < 4.78 is 55.4. The largest absolute Gasteiger partial charge is 0.344 e. The van der Waals surface area contributed by atoms with Crippen LogP contribution in [0.2, 0.25) is 0 Å². The quantitative estimate of drug-likeness (QED) is 0.499. The van der Waals surface area contributed by atoms with Gasteiger partial charge in [0.15, 0.2) is 0 Å². The van der Waals surface area contributed by atoms with Gasteiger partial charge >= 0.3 is 0 Å². The molecule has 0 spiro atoms. The van der Waals surface area contributed by atoms with Crippen LogP contribution in [0.3, 0.4) is 0 Å². The topological polar surface area (TPSA) is 144 Å². The van der Waals surface area contributed by atoms with E-state index >= 15 is 0 Å². The van der Waals surface area contributed by atoms with Crippen LogP contribution in [0.15, 0.2) is 0 Å². The highest BCUT2D eigenvalue weighted by Gasteiger charge is 2.11. The molecular formula is C2H9NO6S2. The summed E-state index contributed by atoms with van der Waals surface area (Å²) in [6.45, 7) is 0. The predicted octanol–water partition coefficient (Wildman–Crippen LogP) is -1.08. The molecule has 0 aromatic rings. The van der Waals surface area contributed by atoms with E-state index in [-0.39, 0.29) is 6.15 Å². The summed E-state index contributed by atoms with van der Waals surface area (Å²) >= 11 is 0. The minimum atomic E-state index is -4.30. The number of hydrogen-bond acceptors (Lipinski definition) is 5. The average Bonchev–Trinajstić information content (AvgIpc) is 1.57. The lowest BCUT2D eigenvalue weighted by molar-refractivity contribution is 0.472. The molecular weight excluding hydrogens is 198 g/mol. The van der Waals surface area contributed by atoms with Gasteiger partial charge in [-0.2, -0.15) is 16.8 Å². The standard InChI is InChI=1S/C2H6O6S2.H3N/c3-9(4,5)1-2-10(6,7)8;/h1-2H2,(H,3,4,5)(H,6,7,8);1H3. The first-order valence-corrected chi connectivity index (χ1v) is 5.33. The van der Waals surface area contributed by atoms with E-state index in [1.807, 2.05) is 0 Å². The Labute approximate surface area is 64.5 Å². The van der Waals surface area contributed by atoms with Crippen LogP contribution < -0.4 is 6.15 Å². The molecule has 0 unspecified atom stereocenters. The highest BCUT2D eigenvalue weighted by molar-refractivity contribution is 7.89. The Hall–Kier alpha value is -0.220. The molecule has 70 valence electrons. The second-order valence-corrected chi connectivity index (χ2v) is 4.72. The van der Waals surface area contributed by atoms with Gasteiger partial charge in [0.05, 0.1) is 11.5 Å². The molecule has 0 rings (SSSR count). The molecule has 0 heterocycles. The highest BCUT2D eigenvalue weighted by atomic mass is 32.2. The third-order valence-corrected chi connectivity index (χ3v) is 2.30. The fraction of sp³-hybridized carbons (Fsp3) is 1.00. The van der Waals surface area contributed by atoms with Gasteiger partial charge in [0.2, 0.25) is 0 Å². The first kappa shape index (κ1) is 13.4. The molecule has 0 aromatic heterocycles. The third-order valence-electron chi connectivity index (χ3n) is 0.599. The van der Waals surface area contributed by atoms with Crippen molar-refractivity contribution in [2.24, 2.45) is 0 Å². The average molecular weight is 207 g/mol. The van der Waals surface area contributed by atoms with Crippen molar-refractivity contribution in [3.8, 4) is 0 Å². The van der Waals surface area contributed by atoms with Gasteiger partial charge in [-0.1, -0.05) is 0 Å². The number of rotatable bonds is 3. The van der Waals surface area contributed by atoms with E-state index in [9.17, 15) is 16.8 Å². The van der Waals surface area contributed by atoms with Crippen molar-refractivity contribution in [1.29, 1.82) is 0 Å². The van der Waals surface area contributed by atoms with Gasteiger partial charge in [0.1, 0.15) is 0 Å². The lowest BCUT2D eigenvalue weighted by atomic mass is 11.0. The van der Waals surface area contributed by atoms with Gasteiger partial charge in [-0.3, -0.25) is 9.11 Å². The van der Waals surface area contributed by atoms with Crippen LogP contribution in [-0.4, -0.2) is 37.4 Å². The van der Waals surface area contributed by atoms with Crippen LogP contribution >= 0.6 is 0 Å². The van der Waals surface area contributed by atoms with E-state index in [4.69, 9.17) is 9.11 Å². The monoisotopic (exact) mass is 207 g/mol. The molecule has 0 aliphatic heterocycles. The van der Waals surface area contributed by atoms with E-state index in [0.29, 0.717) is 0 Å². The molecule has 0 aliphatic rings. The Morgan fingerprint density at radius 2 is 1.00 bits per heavy atom. The highest BCUT2D eigenvalue weighted by Crippen LogP contribution is 1.86. The van der Waals surface area contributed by atoms with E-state index < -0.39 is 31.7 Å². The van der Waals surface area contributed by atoms with E-state index in [0.717, 1.165) is 0 Å². The Morgan fingerprint density at radius 3 is 1.09 bits per heavy atom. The second kappa shape index (κ2) is 3.97. The summed E-state index contributed by atoms with van der Waals surface area (Å²) in [5.41, 5.74) is 0. The lowest BCUT2D eigenvalue weighted by Crippen LogP contribution is -2.15. The summed E-state index contributed by atoms with van der Waals surface area (Å²) in [5.74, 6) is -1.96. The van der Waals surface area contributed by atoms with Crippen LogP contribution in [0.4, 0.5) is 0 Å². The van der Waals surface area contributed by atoms with Crippen LogP contribution in [0.5, 0.6) is 0 Å². The maximum atomic E-state index is 9.86. The van der Waals surface area contributed by atoms with Crippen molar-refractivity contribution in [2.75, 3.05) is 11.5 Å². The molecule has 0 aromatic carbocycles. The Kier molecular flexibility index (Phi) is 4.83. The van der Waals surface area contributed by atoms with Crippen molar-refractivity contribution >= 4 is 20.2 Å². The summed E-state index contributed by atoms with van der Waals surface area (Å²) in [5, 5.41) is 0. The maximum Gasteiger partial charge on any atom is 0.265 e. The minimum Gasteiger partial charge on any atom is -0.344 e. The van der Waals surface area contributed by atoms with Crippen LogP contribution in [0.1, 0.15) is 0 Å². The SMILES string of the molecule is N.O=S(=O)(O)CCS(=O)(=O)O. The zero-order valence-corrected chi connectivity index (χ0v) is 7.10. The van der Waals surface area contributed by atoms with Gasteiger partial charge in [-0.25, -0.2) is 0 Å². The predicted molar refractivity (Wildman–Crippen MR) is 37.9 cm³/mol. The maximum absolute atomic E-state index is 9.86. The lowest BCUT2D eigenvalue weighted by Gasteiger charge is -1.92. The zero-order chi connectivity index (χ0) is 8.41. The van der Waals surface area contributed by atoms with Gasteiger partial charge in [-0.05, 0) is 0 Å². The van der Waals surface area contributed by atoms with E-state index in [1.165, 1.54) is 0 Å². The molecule has 0 aliphatic carbocycles. The van der Waals surface area contributed by atoms with Gasteiger partial charge in [-0.15, -0.1) is 0 Å². The molecule has 0 radical (unpaired) electrons. The van der Waals surface area contributed by atoms with Crippen molar-refractivity contribution in [1.82, 2.24) is 6.15 Å². The fourth-order valence-corrected chi connectivity index (χ4v) is 1.90. The molecule has 9 heteroatoms. The Bertz CT molecular complexity index is 255. The summed E-state index contributed by atoms with van der Waals surface area (Å²) in [6, 6.07) is 0. The Balaban J connectivity index is 0. The summed E-state index contributed by atoms with van der Waals surface area (Å²) in [6.07, 6.45) is 0. The van der Waals surface area contributed by atoms with Crippen LogP contribution in [-0.2, 0) is 20.2 Å². The second-order valence-electron chi connectivity index (χ2n) is 1.57. The first-order chi connectivity index (χ1) is 4.21. The van der Waals surface area contributed by atoms with E-state index in [2.05, 4.69) is 0 Å².